The first-order valence-electron chi connectivity index (χ1n) is 6.63. The van der Waals surface area contributed by atoms with Crippen molar-refractivity contribution in [3.63, 3.8) is 0 Å². The monoisotopic (exact) mass is 317 g/mol. The van der Waals surface area contributed by atoms with Crippen molar-refractivity contribution in [2.45, 2.75) is 26.2 Å². The van der Waals surface area contributed by atoms with E-state index in [0.29, 0.717) is 5.41 Å². The Bertz CT molecular complexity index is 475. The molecule has 20 heavy (non-hydrogen) atoms. The normalized spacial score (nSPS) is 22.4. The molecule has 0 bridgehead atoms. The second kappa shape index (κ2) is 6.74. The molecule has 1 aliphatic heterocycles. The second-order valence-electron chi connectivity index (χ2n) is 5.55. The van der Waals surface area contributed by atoms with Gasteiger partial charge in [0.15, 0.2) is 0 Å². The molecule has 1 aliphatic carbocycles. The molecule has 2 heterocycles. The maximum Gasteiger partial charge on any atom is 0.228 e. The van der Waals surface area contributed by atoms with Gasteiger partial charge in [-0.2, -0.15) is 0 Å². The third kappa shape index (κ3) is 3.25. The summed E-state index contributed by atoms with van der Waals surface area (Å²) in [6.07, 6.45) is 6.80. The molecule has 1 atom stereocenters. The number of anilines is 1. The van der Waals surface area contributed by atoms with E-state index in [0.717, 1.165) is 43.6 Å². The largest absolute Gasteiger partial charge is 0.324 e. The minimum atomic E-state index is 0. The summed E-state index contributed by atoms with van der Waals surface area (Å²) in [5.74, 6) is 0.382. The molecule has 2 aliphatic rings. The van der Waals surface area contributed by atoms with Crippen molar-refractivity contribution in [3.05, 3.63) is 24.0 Å². The zero-order chi connectivity index (χ0) is 12.6. The number of carbonyl (C=O) groups excluding carboxylic acids is 1. The highest BCUT2D eigenvalue weighted by Crippen LogP contribution is 2.58. The molecule has 4 nitrogen and oxygen atoms in total. The van der Waals surface area contributed by atoms with Crippen LogP contribution in [-0.2, 0) is 4.79 Å². The summed E-state index contributed by atoms with van der Waals surface area (Å²) in [4.78, 5) is 16.3. The van der Waals surface area contributed by atoms with E-state index < -0.39 is 0 Å². The first kappa shape index (κ1) is 17.2. The lowest BCUT2D eigenvalue weighted by atomic mass is 9.92. The second-order valence-corrected chi connectivity index (χ2v) is 5.55. The lowest BCUT2D eigenvalue weighted by molar-refractivity contribution is -0.118. The van der Waals surface area contributed by atoms with Crippen LogP contribution < -0.4 is 10.6 Å². The Morgan fingerprint density at radius 2 is 2.10 bits per heavy atom. The third-order valence-corrected chi connectivity index (χ3v) is 4.40. The number of hydrogen-bond donors (Lipinski definition) is 2. The molecule has 0 aromatic carbocycles. The number of nitrogens with one attached hydrogen (secondary N) is 2. The van der Waals surface area contributed by atoms with Crippen LogP contribution in [0.3, 0.4) is 0 Å². The van der Waals surface area contributed by atoms with Crippen molar-refractivity contribution in [2.24, 2.45) is 11.3 Å². The van der Waals surface area contributed by atoms with Crippen molar-refractivity contribution in [1.82, 2.24) is 10.3 Å². The minimum Gasteiger partial charge on any atom is -0.324 e. The Kier molecular flexibility index (Phi) is 5.80. The molecular formula is C14H21Cl2N3O. The van der Waals surface area contributed by atoms with Gasteiger partial charge in [0.2, 0.25) is 5.91 Å². The molecule has 0 radical (unpaired) electrons. The number of nitrogens with zero attached hydrogens (tertiary/aromatic N) is 1. The number of halogens is 2. The van der Waals surface area contributed by atoms with Crippen molar-refractivity contribution >= 4 is 36.4 Å². The summed E-state index contributed by atoms with van der Waals surface area (Å²) < 4.78 is 0. The number of carbonyl (C=O) groups is 1. The van der Waals surface area contributed by atoms with Gasteiger partial charge < -0.3 is 10.6 Å². The molecule has 112 valence electrons. The van der Waals surface area contributed by atoms with Crippen molar-refractivity contribution in [3.8, 4) is 0 Å². The quantitative estimate of drug-likeness (QED) is 0.881. The molecule has 1 saturated carbocycles. The van der Waals surface area contributed by atoms with Crippen LogP contribution in [0.25, 0.3) is 0 Å². The maximum atomic E-state index is 12.2. The van der Waals surface area contributed by atoms with Gasteiger partial charge in [-0.05, 0) is 56.3 Å². The van der Waals surface area contributed by atoms with E-state index in [1.165, 1.54) is 0 Å². The lowest BCUT2D eigenvalue weighted by Crippen LogP contribution is -2.31. The van der Waals surface area contributed by atoms with Gasteiger partial charge in [0.05, 0.1) is 11.9 Å². The predicted molar refractivity (Wildman–Crippen MR) is 84.7 cm³/mol. The molecule has 1 aromatic heterocycles. The van der Waals surface area contributed by atoms with E-state index in [1.54, 1.807) is 12.4 Å². The molecule has 2 fully saturated rings. The topological polar surface area (TPSA) is 54.0 Å². The minimum absolute atomic E-state index is 0. The number of hydrogen-bond acceptors (Lipinski definition) is 3. The maximum absolute atomic E-state index is 12.2. The van der Waals surface area contributed by atoms with Crippen molar-refractivity contribution in [2.75, 3.05) is 18.4 Å². The van der Waals surface area contributed by atoms with Crippen LogP contribution in [-0.4, -0.2) is 24.0 Å². The number of aromatic nitrogens is 1. The standard InChI is InChI=1S/C14H19N3O.2ClH/c1-10-2-5-16-9-12(10)17-13(18)11-8-14(11)3-6-15-7-4-14;;/h2,5,9,11,15H,3-4,6-8H2,1H3,(H,17,18);2*1H. The van der Waals surface area contributed by atoms with E-state index in [2.05, 4.69) is 15.6 Å². The Balaban J connectivity index is 0.000001000. The van der Waals surface area contributed by atoms with Crippen LogP contribution in [0, 0.1) is 18.3 Å². The summed E-state index contributed by atoms with van der Waals surface area (Å²) >= 11 is 0. The predicted octanol–water partition coefficient (Wildman–Crippen LogP) is 2.56. The molecule has 3 rings (SSSR count). The molecule has 1 spiro atoms. The Labute approximate surface area is 131 Å². The highest BCUT2D eigenvalue weighted by Gasteiger charge is 2.57. The summed E-state index contributed by atoms with van der Waals surface area (Å²) in [6.45, 7) is 4.09. The van der Waals surface area contributed by atoms with Gasteiger partial charge in [-0.3, -0.25) is 9.78 Å². The van der Waals surface area contributed by atoms with Gasteiger partial charge >= 0.3 is 0 Å². The smallest absolute Gasteiger partial charge is 0.228 e. The summed E-state index contributed by atoms with van der Waals surface area (Å²) in [5, 5.41) is 6.38. The fraction of sp³-hybridized carbons (Fsp3) is 0.571. The molecule has 1 amide bonds. The summed E-state index contributed by atoms with van der Waals surface area (Å²) in [6, 6.07) is 1.92. The fourth-order valence-corrected chi connectivity index (χ4v) is 3.01. The molecule has 1 aromatic rings. The molecular weight excluding hydrogens is 297 g/mol. The first-order valence-corrected chi connectivity index (χ1v) is 6.63. The van der Waals surface area contributed by atoms with Crippen LogP contribution in [0.1, 0.15) is 24.8 Å². The van der Waals surface area contributed by atoms with Crippen LogP contribution in [0.2, 0.25) is 0 Å². The van der Waals surface area contributed by atoms with E-state index in [4.69, 9.17) is 0 Å². The number of amides is 1. The first-order chi connectivity index (χ1) is 8.71. The zero-order valence-electron chi connectivity index (χ0n) is 11.5. The number of piperidine rings is 1. The zero-order valence-corrected chi connectivity index (χ0v) is 13.1. The fourth-order valence-electron chi connectivity index (χ4n) is 3.01. The lowest BCUT2D eigenvalue weighted by Gasteiger charge is -2.23. The number of rotatable bonds is 2. The van der Waals surface area contributed by atoms with Crippen LogP contribution >= 0.6 is 24.8 Å². The van der Waals surface area contributed by atoms with Crippen LogP contribution in [0.15, 0.2) is 18.5 Å². The Morgan fingerprint density at radius 3 is 2.75 bits per heavy atom. The third-order valence-electron chi connectivity index (χ3n) is 4.40. The van der Waals surface area contributed by atoms with Gasteiger partial charge in [0.1, 0.15) is 0 Å². The number of aryl methyl sites for hydroxylation is 1. The van der Waals surface area contributed by atoms with Crippen LogP contribution in [0.4, 0.5) is 5.69 Å². The Morgan fingerprint density at radius 1 is 1.40 bits per heavy atom. The molecule has 1 unspecified atom stereocenters. The highest BCUT2D eigenvalue weighted by molar-refractivity contribution is 5.95. The van der Waals surface area contributed by atoms with E-state index in [-0.39, 0.29) is 36.6 Å². The summed E-state index contributed by atoms with van der Waals surface area (Å²) in [5.41, 5.74) is 2.21. The van der Waals surface area contributed by atoms with Crippen LogP contribution in [0.5, 0.6) is 0 Å². The Hall–Kier alpha value is -0.840. The van der Waals surface area contributed by atoms with Gasteiger partial charge in [0, 0.05) is 12.1 Å². The average molecular weight is 318 g/mol. The summed E-state index contributed by atoms with van der Waals surface area (Å²) in [7, 11) is 0. The van der Waals surface area contributed by atoms with Crippen molar-refractivity contribution < 1.29 is 4.79 Å². The molecule has 1 saturated heterocycles. The SMILES string of the molecule is Cc1ccncc1NC(=O)C1CC12CCNCC2.Cl.Cl. The molecule has 2 N–H and O–H groups in total. The van der Waals surface area contributed by atoms with E-state index in [9.17, 15) is 4.79 Å². The van der Waals surface area contributed by atoms with Gasteiger partial charge in [-0.15, -0.1) is 24.8 Å². The average Bonchev–Trinajstić information content (AvgIpc) is 3.07. The van der Waals surface area contributed by atoms with Gasteiger partial charge in [-0.25, -0.2) is 0 Å². The molecule has 6 heteroatoms. The van der Waals surface area contributed by atoms with Gasteiger partial charge in [-0.1, -0.05) is 0 Å². The van der Waals surface area contributed by atoms with Gasteiger partial charge in [0.25, 0.3) is 0 Å². The van der Waals surface area contributed by atoms with E-state index >= 15 is 0 Å². The van der Waals surface area contributed by atoms with Crippen molar-refractivity contribution in [1.29, 1.82) is 0 Å². The highest BCUT2D eigenvalue weighted by atomic mass is 35.5. The number of pyridine rings is 1. The van der Waals surface area contributed by atoms with E-state index in [1.807, 2.05) is 13.0 Å².